The number of aromatic hydroxyl groups is 1. The van der Waals surface area contributed by atoms with Crippen LogP contribution < -0.4 is 0 Å². The third-order valence-electron chi connectivity index (χ3n) is 1.67. The van der Waals surface area contributed by atoms with E-state index in [1.807, 2.05) is 0 Å². The van der Waals surface area contributed by atoms with Crippen LogP contribution in [-0.2, 0) is 0 Å². The number of fused-ring (bicyclic) bond motifs is 1. The predicted molar refractivity (Wildman–Crippen MR) is 56.2 cm³/mol. The van der Waals surface area contributed by atoms with Crippen molar-refractivity contribution in [2.24, 2.45) is 0 Å². The maximum absolute atomic E-state index is 9.51. The van der Waals surface area contributed by atoms with Gasteiger partial charge >= 0.3 is 0 Å². The minimum absolute atomic E-state index is 0.0138. The highest BCUT2D eigenvalue weighted by Gasteiger charge is 2.09. The smallest absolute Gasteiger partial charge is 0.224 e. The molecule has 0 spiro atoms. The maximum Gasteiger partial charge on any atom is 0.224 e. The van der Waals surface area contributed by atoms with Crippen molar-refractivity contribution in [3.8, 4) is 5.75 Å². The molecular weight excluding hydrogens is 246 g/mol. The minimum atomic E-state index is -0.0706. The molecule has 14 heavy (non-hydrogen) atoms. The van der Waals surface area contributed by atoms with Gasteiger partial charge in [-0.2, -0.15) is 0 Å². The number of rotatable bonds is 0. The molecule has 0 aliphatic carbocycles. The first-order chi connectivity index (χ1) is 6.58. The molecule has 6 heteroatoms. The number of hydrogen-bond donors (Lipinski definition) is 1. The van der Waals surface area contributed by atoms with Crippen LogP contribution in [-0.4, -0.2) is 15.1 Å². The van der Waals surface area contributed by atoms with Crippen molar-refractivity contribution >= 4 is 45.7 Å². The average molecular weight is 249 g/mol. The third kappa shape index (κ3) is 1.59. The highest BCUT2D eigenvalue weighted by atomic mass is 35.5. The molecule has 0 aliphatic heterocycles. The lowest BCUT2D eigenvalue weighted by Gasteiger charge is -2.02. The van der Waals surface area contributed by atoms with E-state index in [1.165, 1.54) is 6.07 Å². The number of nitrogens with zero attached hydrogens (tertiary/aromatic N) is 2. The van der Waals surface area contributed by atoms with Gasteiger partial charge in [0, 0.05) is 16.5 Å². The summed E-state index contributed by atoms with van der Waals surface area (Å²) in [6, 6.07) is 2.93. The lowest BCUT2D eigenvalue weighted by Crippen LogP contribution is -1.87. The van der Waals surface area contributed by atoms with Gasteiger partial charge in [-0.3, -0.25) is 0 Å². The first kappa shape index (κ1) is 9.77. The monoisotopic (exact) mass is 248 g/mol. The molecule has 72 valence electrons. The van der Waals surface area contributed by atoms with Crippen molar-refractivity contribution in [2.45, 2.75) is 0 Å². The maximum atomic E-state index is 9.51. The molecule has 0 bridgehead atoms. The second-order valence-corrected chi connectivity index (χ2v) is 3.74. The minimum Gasteiger partial charge on any atom is -0.506 e. The molecule has 0 aliphatic rings. The van der Waals surface area contributed by atoms with Gasteiger partial charge in [0.1, 0.15) is 16.4 Å². The number of phenols is 1. The summed E-state index contributed by atoms with van der Waals surface area (Å²) in [7, 11) is 0. The zero-order chi connectivity index (χ0) is 10.3. The van der Waals surface area contributed by atoms with E-state index in [9.17, 15) is 5.11 Å². The number of aromatic nitrogens is 2. The van der Waals surface area contributed by atoms with Gasteiger partial charge in [0.2, 0.25) is 5.28 Å². The van der Waals surface area contributed by atoms with Gasteiger partial charge in [0.15, 0.2) is 0 Å². The van der Waals surface area contributed by atoms with Gasteiger partial charge in [-0.05, 0) is 17.7 Å². The molecule has 1 aromatic carbocycles. The number of halogens is 3. The SMILES string of the molecule is Oc1cc(Cl)cc2c(Cl)nc(Cl)nc12. The van der Waals surface area contributed by atoms with E-state index in [2.05, 4.69) is 9.97 Å². The first-order valence-electron chi connectivity index (χ1n) is 3.59. The highest BCUT2D eigenvalue weighted by Crippen LogP contribution is 2.31. The summed E-state index contributed by atoms with van der Waals surface area (Å²) in [6.07, 6.45) is 0. The molecule has 1 heterocycles. The molecular formula is C8H3Cl3N2O. The second-order valence-electron chi connectivity index (χ2n) is 2.60. The van der Waals surface area contributed by atoms with Crippen LogP contribution in [0.1, 0.15) is 0 Å². The number of benzene rings is 1. The van der Waals surface area contributed by atoms with Crippen LogP contribution in [0.25, 0.3) is 10.9 Å². The Morgan fingerprint density at radius 3 is 2.50 bits per heavy atom. The summed E-state index contributed by atoms with van der Waals surface area (Å²) in [6.45, 7) is 0. The summed E-state index contributed by atoms with van der Waals surface area (Å²) in [5.41, 5.74) is 0.291. The molecule has 3 nitrogen and oxygen atoms in total. The van der Waals surface area contributed by atoms with Gasteiger partial charge in [0.05, 0.1) is 0 Å². The fourth-order valence-electron chi connectivity index (χ4n) is 1.12. The summed E-state index contributed by atoms with van der Waals surface area (Å²) >= 11 is 17.1. The standard InChI is InChI=1S/C8H3Cl3N2O/c9-3-1-4-6(5(14)2-3)12-8(11)13-7(4)10/h1-2,14H. The molecule has 2 aromatic rings. The number of phenolic OH excluding ortho intramolecular Hbond substituents is 1. The zero-order valence-electron chi connectivity index (χ0n) is 6.63. The Morgan fingerprint density at radius 2 is 1.79 bits per heavy atom. The first-order valence-corrected chi connectivity index (χ1v) is 4.72. The van der Waals surface area contributed by atoms with Crippen LogP contribution in [0, 0.1) is 0 Å². The predicted octanol–water partition coefficient (Wildman–Crippen LogP) is 3.30. The van der Waals surface area contributed by atoms with E-state index >= 15 is 0 Å². The van der Waals surface area contributed by atoms with Crippen LogP contribution in [0.15, 0.2) is 12.1 Å². The van der Waals surface area contributed by atoms with Gasteiger partial charge in [-0.25, -0.2) is 9.97 Å². The molecule has 0 amide bonds. The Hall–Kier alpha value is -0.770. The Morgan fingerprint density at radius 1 is 1.07 bits per heavy atom. The van der Waals surface area contributed by atoms with E-state index < -0.39 is 0 Å². The van der Waals surface area contributed by atoms with Crippen LogP contribution in [0.2, 0.25) is 15.5 Å². The molecule has 0 unspecified atom stereocenters. The lowest BCUT2D eigenvalue weighted by molar-refractivity contribution is 0.480. The zero-order valence-corrected chi connectivity index (χ0v) is 8.90. The van der Waals surface area contributed by atoms with Crippen molar-refractivity contribution in [3.63, 3.8) is 0 Å². The Balaban J connectivity index is 2.94. The van der Waals surface area contributed by atoms with E-state index in [-0.39, 0.29) is 16.2 Å². The van der Waals surface area contributed by atoms with Crippen molar-refractivity contribution in [1.82, 2.24) is 9.97 Å². The normalized spacial score (nSPS) is 10.8. The quantitative estimate of drug-likeness (QED) is 0.575. The van der Waals surface area contributed by atoms with Crippen LogP contribution in [0.5, 0.6) is 5.75 Å². The Kier molecular flexibility index (Phi) is 2.39. The second kappa shape index (κ2) is 3.42. The topological polar surface area (TPSA) is 46.0 Å². The highest BCUT2D eigenvalue weighted by molar-refractivity contribution is 6.37. The van der Waals surface area contributed by atoms with E-state index in [0.717, 1.165) is 0 Å². The van der Waals surface area contributed by atoms with Gasteiger partial charge < -0.3 is 5.11 Å². The molecule has 0 saturated heterocycles. The van der Waals surface area contributed by atoms with Crippen molar-refractivity contribution in [1.29, 1.82) is 0 Å². The van der Waals surface area contributed by atoms with Crippen LogP contribution in [0.3, 0.4) is 0 Å². The Labute approximate surface area is 94.3 Å². The molecule has 0 saturated carbocycles. The van der Waals surface area contributed by atoms with Gasteiger partial charge in [0.25, 0.3) is 0 Å². The Bertz CT molecular complexity index is 468. The molecule has 1 N–H and O–H groups in total. The summed E-state index contributed by atoms with van der Waals surface area (Å²) < 4.78 is 0. The lowest BCUT2D eigenvalue weighted by atomic mass is 10.2. The summed E-state index contributed by atoms with van der Waals surface area (Å²) in [5.74, 6) is -0.0706. The van der Waals surface area contributed by atoms with Crippen molar-refractivity contribution in [2.75, 3.05) is 0 Å². The number of hydrogen-bond acceptors (Lipinski definition) is 3. The van der Waals surface area contributed by atoms with Crippen LogP contribution >= 0.6 is 34.8 Å². The van der Waals surface area contributed by atoms with E-state index in [0.29, 0.717) is 15.9 Å². The molecule has 0 atom stereocenters. The molecule has 0 radical (unpaired) electrons. The average Bonchev–Trinajstić information content (AvgIpc) is 2.07. The molecule has 2 rings (SSSR count). The summed E-state index contributed by atoms with van der Waals surface area (Å²) in [4.78, 5) is 7.57. The van der Waals surface area contributed by atoms with Gasteiger partial charge in [-0.1, -0.05) is 23.2 Å². The van der Waals surface area contributed by atoms with E-state index in [1.54, 1.807) is 6.07 Å². The van der Waals surface area contributed by atoms with Crippen molar-refractivity contribution in [3.05, 3.63) is 27.6 Å². The largest absolute Gasteiger partial charge is 0.506 e. The third-order valence-corrected chi connectivity index (χ3v) is 2.35. The van der Waals surface area contributed by atoms with Crippen molar-refractivity contribution < 1.29 is 5.11 Å². The molecule has 1 aromatic heterocycles. The fraction of sp³-hybridized carbons (Fsp3) is 0. The summed E-state index contributed by atoms with van der Waals surface area (Å²) in [5, 5.41) is 10.5. The van der Waals surface area contributed by atoms with Crippen LogP contribution in [0.4, 0.5) is 0 Å². The van der Waals surface area contributed by atoms with E-state index in [4.69, 9.17) is 34.8 Å². The fourth-order valence-corrected chi connectivity index (χ4v) is 1.77. The van der Waals surface area contributed by atoms with Gasteiger partial charge in [-0.15, -0.1) is 0 Å². The molecule has 0 fully saturated rings.